The summed E-state index contributed by atoms with van der Waals surface area (Å²) in [6.45, 7) is 6.23. The van der Waals surface area contributed by atoms with Crippen LogP contribution in [0.1, 0.15) is 34.3 Å². The van der Waals surface area contributed by atoms with E-state index >= 15 is 0 Å². The Balaban J connectivity index is 1.43. The van der Waals surface area contributed by atoms with Crippen LogP contribution in [0.4, 0.5) is 4.39 Å². The first-order valence-electron chi connectivity index (χ1n) is 11.6. The van der Waals surface area contributed by atoms with Crippen molar-refractivity contribution in [3.05, 3.63) is 77.2 Å². The maximum absolute atomic E-state index is 14.0. The van der Waals surface area contributed by atoms with E-state index in [4.69, 9.17) is 4.74 Å². The zero-order chi connectivity index (χ0) is 23.2. The van der Waals surface area contributed by atoms with E-state index in [-0.39, 0.29) is 11.7 Å². The first kappa shape index (κ1) is 23.3. The molecule has 0 saturated carbocycles. The quantitative estimate of drug-likeness (QED) is 0.501. The van der Waals surface area contributed by atoms with Gasteiger partial charge < -0.3 is 9.64 Å². The number of aromatic nitrogens is 1. The topological polar surface area (TPSA) is 45.7 Å². The van der Waals surface area contributed by atoms with Crippen molar-refractivity contribution in [2.45, 2.75) is 26.3 Å². The summed E-state index contributed by atoms with van der Waals surface area (Å²) in [6, 6.07) is 14.8. The summed E-state index contributed by atoms with van der Waals surface area (Å²) >= 11 is 0. The molecule has 174 valence electrons. The van der Waals surface area contributed by atoms with Crippen LogP contribution < -0.4 is 0 Å². The fourth-order valence-electron chi connectivity index (χ4n) is 4.60. The van der Waals surface area contributed by atoms with Gasteiger partial charge in [0.2, 0.25) is 0 Å². The fraction of sp³-hybridized carbons (Fsp3) is 0.407. The largest absolute Gasteiger partial charge is 0.383 e. The van der Waals surface area contributed by atoms with Crippen LogP contribution in [-0.4, -0.2) is 60.6 Å². The van der Waals surface area contributed by atoms with E-state index in [9.17, 15) is 9.18 Å². The van der Waals surface area contributed by atoms with Crippen molar-refractivity contribution in [3.63, 3.8) is 0 Å². The van der Waals surface area contributed by atoms with Gasteiger partial charge in [0, 0.05) is 43.9 Å². The highest BCUT2D eigenvalue weighted by Gasteiger charge is 2.25. The lowest BCUT2D eigenvalue weighted by atomic mass is 9.95. The van der Waals surface area contributed by atoms with Gasteiger partial charge in [-0.05, 0) is 63.0 Å². The smallest absolute Gasteiger partial charge is 0.254 e. The second-order valence-electron chi connectivity index (χ2n) is 8.93. The zero-order valence-electron chi connectivity index (χ0n) is 19.5. The van der Waals surface area contributed by atoms with Crippen molar-refractivity contribution in [1.82, 2.24) is 14.8 Å². The van der Waals surface area contributed by atoms with Gasteiger partial charge in [-0.3, -0.25) is 14.7 Å². The van der Waals surface area contributed by atoms with Gasteiger partial charge in [0.05, 0.1) is 17.7 Å². The van der Waals surface area contributed by atoms with Crippen molar-refractivity contribution in [3.8, 4) is 0 Å². The molecule has 33 heavy (non-hydrogen) atoms. The predicted molar refractivity (Wildman–Crippen MR) is 129 cm³/mol. The van der Waals surface area contributed by atoms with E-state index in [2.05, 4.69) is 9.88 Å². The van der Waals surface area contributed by atoms with E-state index in [1.807, 2.05) is 48.2 Å². The molecule has 0 spiro atoms. The Bertz CT molecular complexity index is 1100. The van der Waals surface area contributed by atoms with Crippen molar-refractivity contribution in [1.29, 1.82) is 0 Å². The average Bonchev–Trinajstić information content (AvgIpc) is 2.83. The Kier molecular flexibility index (Phi) is 7.68. The van der Waals surface area contributed by atoms with E-state index in [1.165, 1.54) is 6.07 Å². The molecule has 1 amide bonds. The lowest BCUT2D eigenvalue weighted by molar-refractivity contribution is 0.0619. The van der Waals surface area contributed by atoms with Crippen molar-refractivity contribution in [2.24, 2.45) is 5.92 Å². The minimum Gasteiger partial charge on any atom is -0.383 e. The second-order valence-corrected chi connectivity index (χ2v) is 8.93. The number of aryl methyl sites for hydroxylation is 1. The number of rotatable bonds is 8. The number of hydrogen-bond donors (Lipinski definition) is 0. The van der Waals surface area contributed by atoms with Gasteiger partial charge in [0.15, 0.2) is 0 Å². The molecule has 0 unspecified atom stereocenters. The van der Waals surface area contributed by atoms with Crippen LogP contribution in [0, 0.1) is 18.7 Å². The Hall–Kier alpha value is -2.83. The molecule has 5 nitrogen and oxygen atoms in total. The molecule has 1 fully saturated rings. The summed E-state index contributed by atoms with van der Waals surface area (Å²) in [5.41, 5.74) is 3.37. The Morgan fingerprint density at radius 3 is 2.73 bits per heavy atom. The van der Waals surface area contributed by atoms with Crippen molar-refractivity contribution in [2.75, 3.05) is 39.9 Å². The minimum atomic E-state index is -0.143. The number of nitrogens with zero attached hydrogens (tertiary/aromatic N) is 3. The molecular weight excluding hydrogens is 417 g/mol. The van der Waals surface area contributed by atoms with Crippen LogP contribution in [-0.2, 0) is 11.3 Å². The molecule has 0 aliphatic carbocycles. The molecule has 1 aliphatic rings. The number of carbonyl (C=O) groups is 1. The Labute approximate surface area is 195 Å². The van der Waals surface area contributed by atoms with Gasteiger partial charge in [-0.1, -0.05) is 29.8 Å². The summed E-state index contributed by atoms with van der Waals surface area (Å²) in [6.07, 6.45) is 3.68. The summed E-state index contributed by atoms with van der Waals surface area (Å²) in [7, 11) is 1.66. The molecule has 1 aromatic heterocycles. The summed E-state index contributed by atoms with van der Waals surface area (Å²) < 4.78 is 19.3. The van der Waals surface area contributed by atoms with Gasteiger partial charge in [0.25, 0.3) is 5.91 Å². The van der Waals surface area contributed by atoms with Gasteiger partial charge in [-0.2, -0.15) is 0 Å². The van der Waals surface area contributed by atoms with Crippen LogP contribution in [0.25, 0.3) is 10.9 Å². The number of benzene rings is 2. The third-order valence-electron chi connectivity index (χ3n) is 6.52. The molecule has 0 N–H and O–H groups in total. The highest BCUT2D eigenvalue weighted by molar-refractivity contribution is 6.06. The number of halogens is 1. The maximum atomic E-state index is 14.0. The lowest BCUT2D eigenvalue weighted by Gasteiger charge is -2.35. The number of pyridine rings is 1. The molecule has 4 rings (SSSR count). The van der Waals surface area contributed by atoms with Gasteiger partial charge >= 0.3 is 0 Å². The lowest BCUT2D eigenvalue weighted by Crippen LogP contribution is -2.42. The number of carbonyl (C=O) groups excluding carboxylic acids is 1. The van der Waals surface area contributed by atoms with Crippen molar-refractivity contribution >= 4 is 16.8 Å². The van der Waals surface area contributed by atoms with Crippen LogP contribution in [0.2, 0.25) is 0 Å². The normalized spacial score (nSPS) is 15.1. The van der Waals surface area contributed by atoms with Crippen molar-refractivity contribution < 1.29 is 13.9 Å². The van der Waals surface area contributed by atoms with E-state index in [1.54, 1.807) is 19.4 Å². The molecule has 1 aliphatic heterocycles. The molecule has 2 aromatic carbocycles. The third kappa shape index (κ3) is 5.75. The maximum Gasteiger partial charge on any atom is 0.254 e. The van der Waals surface area contributed by atoms with Crippen LogP contribution >= 0.6 is 0 Å². The summed E-state index contributed by atoms with van der Waals surface area (Å²) in [5.74, 6) is 0.298. The first-order chi connectivity index (χ1) is 16.0. The summed E-state index contributed by atoms with van der Waals surface area (Å²) in [4.78, 5) is 22.2. The third-order valence-corrected chi connectivity index (χ3v) is 6.52. The molecule has 0 radical (unpaired) electrons. The van der Waals surface area contributed by atoms with E-state index < -0.39 is 0 Å². The highest BCUT2D eigenvalue weighted by atomic mass is 19.1. The number of likely N-dealkylation sites (tertiary alicyclic amines) is 1. The van der Waals surface area contributed by atoms with Crippen LogP contribution in [0.5, 0.6) is 0 Å². The molecule has 1 saturated heterocycles. The number of hydrogen-bond acceptors (Lipinski definition) is 4. The number of fused-ring (bicyclic) bond motifs is 1. The molecule has 0 bridgehead atoms. The van der Waals surface area contributed by atoms with E-state index in [0.717, 1.165) is 48.0 Å². The van der Waals surface area contributed by atoms with Gasteiger partial charge in [-0.15, -0.1) is 0 Å². The van der Waals surface area contributed by atoms with Crippen LogP contribution in [0.15, 0.2) is 54.7 Å². The zero-order valence-corrected chi connectivity index (χ0v) is 19.5. The highest BCUT2D eigenvalue weighted by Crippen LogP contribution is 2.24. The average molecular weight is 450 g/mol. The van der Waals surface area contributed by atoms with Crippen LogP contribution in [0.3, 0.4) is 0 Å². The molecule has 0 atom stereocenters. The van der Waals surface area contributed by atoms with Gasteiger partial charge in [-0.25, -0.2) is 4.39 Å². The first-order valence-corrected chi connectivity index (χ1v) is 11.6. The standard InChI is InChI=1S/C27H32FN3O2/c1-20-7-8-26-24(17-20)23(9-12-29-26)27(32)31(15-16-33-2)18-21-10-13-30(14-11-21)19-22-5-3-4-6-25(22)28/h3-9,12,17,21H,10-11,13-16,18-19H2,1-2H3. The number of methoxy groups -OCH3 is 1. The molecule has 3 aromatic rings. The Morgan fingerprint density at radius 1 is 1.18 bits per heavy atom. The number of amides is 1. The summed E-state index contributed by atoms with van der Waals surface area (Å²) in [5, 5.41) is 0.893. The monoisotopic (exact) mass is 449 g/mol. The molecular formula is C27H32FN3O2. The SMILES string of the molecule is COCCN(CC1CCN(Cc2ccccc2F)CC1)C(=O)c1ccnc2ccc(C)cc12. The van der Waals surface area contributed by atoms with E-state index in [0.29, 0.717) is 37.7 Å². The molecule has 6 heteroatoms. The van der Waals surface area contributed by atoms with Gasteiger partial charge in [0.1, 0.15) is 5.82 Å². The number of ether oxygens (including phenoxy) is 1. The fourth-order valence-corrected chi connectivity index (χ4v) is 4.60. The Morgan fingerprint density at radius 2 is 1.97 bits per heavy atom. The number of piperidine rings is 1. The second kappa shape index (κ2) is 10.9. The minimum absolute atomic E-state index is 0.0267. The molecule has 2 heterocycles. The predicted octanol–water partition coefficient (Wildman–Crippen LogP) is 4.68.